The molecular weight excluding hydrogens is 270 g/mol. The number of esters is 1. The molecule has 0 aliphatic carbocycles. The van der Waals surface area contributed by atoms with Crippen molar-refractivity contribution < 1.29 is 14.3 Å². The van der Waals surface area contributed by atoms with Crippen LogP contribution >= 0.6 is 0 Å². The fourth-order valence-corrected chi connectivity index (χ4v) is 2.21. The van der Waals surface area contributed by atoms with Gasteiger partial charge in [-0.2, -0.15) is 5.26 Å². The number of hydrogen-bond acceptors (Lipinski definition) is 5. The molecule has 1 aliphatic rings. The summed E-state index contributed by atoms with van der Waals surface area (Å²) in [7, 11) is 0. The Labute approximate surface area is 125 Å². The van der Waals surface area contributed by atoms with Crippen molar-refractivity contribution in [2.24, 2.45) is 5.92 Å². The number of rotatable bonds is 6. The molecule has 0 aromatic carbocycles. The van der Waals surface area contributed by atoms with Crippen LogP contribution in [0.25, 0.3) is 0 Å². The molecule has 1 rings (SSSR count). The van der Waals surface area contributed by atoms with Crippen molar-refractivity contribution in [1.29, 1.82) is 5.26 Å². The Hall–Kier alpha value is -2.03. The summed E-state index contributed by atoms with van der Waals surface area (Å²) in [5.41, 5.74) is 0.109. The maximum atomic E-state index is 12.2. The van der Waals surface area contributed by atoms with E-state index in [9.17, 15) is 9.59 Å². The van der Waals surface area contributed by atoms with Gasteiger partial charge in [-0.3, -0.25) is 9.59 Å². The molecule has 0 saturated carbocycles. The zero-order valence-electron chi connectivity index (χ0n) is 12.7. The third-order valence-electron chi connectivity index (χ3n) is 3.39. The molecule has 1 aliphatic heterocycles. The summed E-state index contributed by atoms with van der Waals surface area (Å²) in [4.78, 5) is 25.5. The summed E-state index contributed by atoms with van der Waals surface area (Å²) in [6, 6.07) is 1.93. The molecule has 1 heterocycles. The third-order valence-corrected chi connectivity index (χ3v) is 3.39. The number of carbonyl (C=O) groups is 2. The quantitative estimate of drug-likeness (QED) is 0.344. The van der Waals surface area contributed by atoms with Crippen LogP contribution < -0.4 is 5.32 Å². The van der Waals surface area contributed by atoms with Gasteiger partial charge in [-0.05, 0) is 26.2 Å². The van der Waals surface area contributed by atoms with Crippen molar-refractivity contribution in [3.63, 3.8) is 0 Å². The molecule has 1 fully saturated rings. The number of carbonyl (C=O) groups excluding carboxylic acids is 2. The molecule has 6 nitrogen and oxygen atoms in total. The predicted molar refractivity (Wildman–Crippen MR) is 77.9 cm³/mol. The average Bonchev–Trinajstić information content (AvgIpc) is 2.51. The highest BCUT2D eigenvalue weighted by Crippen LogP contribution is 2.19. The van der Waals surface area contributed by atoms with E-state index < -0.39 is 0 Å². The first-order valence-corrected chi connectivity index (χ1v) is 7.43. The molecule has 0 unspecified atom stereocenters. The van der Waals surface area contributed by atoms with Crippen LogP contribution in [0, 0.1) is 17.2 Å². The lowest BCUT2D eigenvalue weighted by Gasteiger charge is -2.30. The minimum atomic E-state index is -0.275. The van der Waals surface area contributed by atoms with Gasteiger partial charge in [0.05, 0.1) is 12.5 Å². The Balaban J connectivity index is 2.52. The van der Waals surface area contributed by atoms with Crippen molar-refractivity contribution in [2.75, 3.05) is 26.2 Å². The number of nitrogens with one attached hydrogen (secondary N) is 1. The van der Waals surface area contributed by atoms with Crippen LogP contribution in [0.15, 0.2) is 11.8 Å². The average molecular weight is 293 g/mol. The molecule has 1 amide bonds. The zero-order chi connectivity index (χ0) is 15.7. The van der Waals surface area contributed by atoms with Gasteiger partial charge in [0, 0.05) is 25.8 Å². The van der Waals surface area contributed by atoms with Crippen molar-refractivity contribution in [3.05, 3.63) is 11.8 Å². The topological polar surface area (TPSA) is 82.4 Å². The number of ether oxygens (including phenoxy) is 1. The Morgan fingerprint density at radius 1 is 1.38 bits per heavy atom. The highest BCUT2D eigenvalue weighted by atomic mass is 16.5. The molecule has 0 spiro atoms. The lowest BCUT2D eigenvalue weighted by molar-refractivity contribution is -0.150. The van der Waals surface area contributed by atoms with Crippen molar-refractivity contribution >= 4 is 11.9 Å². The highest BCUT2D eigenvalue weighted by Gasteiger charge is 2.29. The molecule has 6 heteroatoms. The molecule has 0 atom stereocenters. The van der Waals surface area contributed by atoms with Crippen LogP contribution in [0.4, 0.5) is 0 Å². The number of piperidine rings is 1. The van der Waals surface area contributed by atoms with Crippen molar-refractivity contribution in [2.45, 2.75) is 33.1 Å². The Bertz CT molecular complexity index is 432. The van der Waals surface area contributed by atoms with Gasteiger partial charge in [0.25, 0.3) is 5.91 Å². The minimum absolute atomic E-state index is 0.109. The van der Waals surface area contributed by atoms with E-state index in [0.29, 0.717) is 32.5 Å². The standard InChI is InChI=1S/C15H23N3O3/c1-3-7-17-11-13(10-16)14(19)18-8-5-12(6-9-18)15(20)21-4-2/h11-12,17H,3-9H2,1-2H3/b13-11-. The van der Waals surface area contributed by atoms with Gasteiger partial charge >= 0.3 is 5.97 Å². The predicted octanol–water partition coefficient (Wildman–Crippen LogP) is 1.20. The van der Waals surface area contributed by atoms with E-state index in [0.717, 1.165) is 13.0 Å². The van der Waals surface area contributed by atoms with Gasteiger partial charge in [0.2, 0.25) is 0 Å². The van der Waals surface area contributed by atoms with E-state index in [2.05, 4.69) is 5.32 Å². The van der Waals surface area contributed by atoms with Gasteiger partial charge in [0.1, 0.15) is 11.6 Å². The van der Waals surface area contributed by atoms with Crippen LogP contribution in [0.1, 0.15) is 33.1 Å². The number of likely N-dealkylation sites (tertiary alicyclic amines) is 1. The van der Waals surface area contributed by atoms with Gasteiger partial charge < -0.3 is 15.0 Å². The number of nitriles is 1. The summed E-state index contributed by atoms with van der Waals surface area (Å²) >= 11 is 0. The number of hydrogen-bond donors (Lipinski definition) is 1. The first-order valence-electron chi connectivity index (χ1n) is 7.43. The van der Waals surface area contributed by atoms with E-state index in [1.165, 1.54) is 6.20 Å². The summed E-state index contributed by atoms with van der Waals surface area (Å²) in [5.74, 6) is -0.601. The second-order valence-corrected chi connectivity index (χ2v) is 4.94. The molecule has 0 bridgehead atoms. The fraction of sp³-hybridized carbons (Fsp3) is 0.667. The van der Waals surface area contributed by atoms with Gasteiger partial charge in [-0.15, -0.1) is 0 Å². The van der Waals surface area contributed by atoms with E-state index in [-0.39, 0.29) is 23.4 Å². The SMILES string of the molecule is CCCN/C=C(/C#N)C(=O)N1CCC(C(=O)OCC)CC1. The summed E-state index contributed by atoms with van der Waals surface area (Å²) in [6.07, 6.45) is 3.58. The highest BCUT2D eigenvalue weighted by molar-refractivity contribution is 5.97. The fourth-order valence-electron chi connectivity index (χ4n) is 2.21. The maximum Gasteiger partial charge on any atom is 0.309 e. The molecule has 0 aromatic rings. The van der Waals surface area contributed by atoms with E-state index >= 15 is 0 Å². The Kier molecular flexibility index (Phi) is 7.30. The van der Waals surface area contributed by atoms with Crippen LogP contribution in [0.3, 0.4) is 0 Å². The van der Waals surface area contributed by atoms with Gasteiger partial charge in [0.15, 0.2) is 0 Å². The molecule has 0 radical (unpaired) electrons. The molecule has 1 N–H and O–H groups in total. The van der Waals surface area contributed by atoms with Crippen molar-refractivity contribution in [1.82, 2.24) is 10.2 Å². The number of nitrogens with zero attached hydrogens (tertiary/aromatic N) is 2. The molecule has 1 saturated heterocycles. The zero-order valence-corrected chi connectivity index (χ0v) is 12.7. The van der Waals surface area contributed by atoms with E-state index in [4.69, 9.17) is 10.00 Å². The smallest absolute Gasteiger partial charge is 0.309 e. The van der Waals surface area contributed by atoms with Crippen molar-refractivity contribution in [3.8, 4) is 6.07 Å². The second-order valence-electron chi connectivity index (χ2n) is 4.94. The minimum Gasteiger partial charge on any atom is -0.466 e. The first-order chi connectivity index (χ1) is 10.1. The molecular formula is C15H23N3O3. The van der Waals surface area contributed by atoms with Gasteiger partial charge in [-0.1, -0.05) is 6.92 Å². The lowest BCUT2D eigenvalue weighted by atomic mass is 9.96. The van der Waals surface area contributed by atoms with Crippen LogP contribution in [0.5, 0.6) is 0 Å². The van der Waals surface area contributed by atoms with Gasteiger partial charge in [-0.25, -0.2) is 0 Å². The summed E-state index contributed by atoms with van der Waals surface area (Å²) < 4.78 is 5.00. The van der Waals surface area contributed by atoms with Crippen LogP contribution in [0.2, 0.25) is 0 Å². The molecule has 21 heavy (non-hydrogen) atoms. The Morgan fingerprint density at radius 2 is 2.05 bits per heavy atom. The van der Waals surface area contributed by atoms with E-state index in [1.54, 1.807) is 11.8 Å². The van der Waals surface area contributed by atoms with E-state index in [1.807, 2.05) is 13.0 Å². The third kappa shape index (κ3) is 5.10. The number of amides is 1. The molecule has 0 aromatic heterocycles. The lowest BCUT2D eigenvalue weighted by Crippen LogP contribution is -2.41. The largest absolute Gasteiger partial charge is 0.466 e. The monoisotopic (exact) mass is 293 g/mol. The maximum absolute atomic E-state index is 12.2. The second kappa shape index (κ2) is 9.01. The van der Waals surface area contributed by atoms with Crippen LogP contribution in [-0.4, -0.2) is 43.0 Å². The Morgan fingerprint density at radius 3 is 2.57 bits per heavy atom. The first kappa shape index (κ1) is 17.0. The summed E-state index contributed by atoms with van der Waals surface area (Å²) in [6.45, 7) is 5.86. The van der Waals surface area contributed by atoms with Crippen LogP contribution in [-0.2, 0) is 14.3 Å². The normalized spacial score (nSPS) is 16.2. The summed E-state index contributed by atoms with van der Waals surface area (Å²) in [5, 5.41) is 12.0. The molecule has 116 valence electrons.